The lowest BCUT2D eigenvalue weighted by atomic mass is 10.1. The predicted octanol–water partition coefficient (Wildman–Crippen LogP) is 2.05. The van der Waals surface area contributed by atoms with Crippen LogP contribution in [0.1, 0.15) is 24.4 Å². The molecule has 0 aromatic heterocycles. The molecule has 0 aliphatic heterocycles. The van der Waals surface area contributed by atoms with Gasteiger partial charge in [-0.3, -0.25) is 0 Å². The van der Waals surface area contributed by atoms with Gasteiger partial charge in [0.05, 0.1) is 11.3 Å². The Morgan fingerprint density at radius 1 is 1.31 bits per heavy atom. The number of halogens is 1. The third-order valence-corrected chi connectivity index (χ3v) is 4.90. The third kappa shape index (κ3) is 2.75. The first-order valence-electron chi connectivity index (χ1n) is 5.25. The standard InChI is InChI=1S/C11H14ClNO2S/c12-8-11(9-4-2-1-3-5-9)13-16(14,15)10-6-7-10/h1-5,10-11,13H,6-8H2. The molecule has 0 heterocycles. The first kappa shape index (κ1) is 11.9. The van der Waals surface area contributed by atoms with Gasteiger partial charge in [0, 0.05) is 5.88 Å². The topological polar surface area (TPSA) is 46.2 Å². The Morgan fingerprint density at radius 3 is 2.44 bits per heavy atom. The summed E-state index contributed by atoms with van der Waals surface area (Å²) in [7, 11) is -3.18. The van der Waals surface area contributed by atoms with Crippen LogP contribution in [0.5, 0.6) is 0 Å². The summed E-state index contributed by atoms with van der Waals surface area (Å²) in [5, 5.41) is -0.207. The van der Waals surface area contributed by atoms with Gasteiger partial charge in [-0.15, -0.1) is 11.6 Å². The normalized spacial score (nSPS) is 18.3. The van der Waals surface area contributed by atoms with Crippen molar-refractivity contribution in [2.45, 2.75) is 24.1 Å². The summed E-state index contributed by atoms with van der Waals surface area (Å²) in [4.78, 5) is 0. The van der Waals surface area contributed by atoms with Crippen LogP contribution in [-0.4, -0.2) is 19.5 Å². The van der Waals surface area contributed by atoms with E-state index in [1.807, 2.05) is 30.3 Å². The zero-order chi connectivity index (χ0) is 11.6. The monoisotopic (exact) mass is 259 g/mol. The molecular weight excluding hydrogens is 246 g/mol. The minimum atomic E-state index is -3.18. The molecule has 1 fully saturated rings. The first-order valence-corrected chi connectivity index (χ1v) is 7.33. The second-order valence-electron chi connectivity index (χ2n) is 3.98. The van der Waals surface area contributed by atoms with Crippen molar-refractivity contribution in [2.75, 3.05) is 5.88 Å². The fourth-order valence-corrected chi connectivity index (χ4v) is 3.46. The fraction of sp³-hybridized carbons (Fsp3) is 0.455. The van der Waals surface area contributed by atoms with Gasteiger partial charge in [-0.05, 0) is 18.4 Å². The molecule has 2 rings (SSSR count). The summed E-state index contributed by atoms with van der Waals surface area (Å²) in [5.41, 5.74) is 0.904. The number of hydrogen-bond donors (Lipinski definition) is 1. The van der Waals surface area contributed by atoms with E-state index in [1.54, 1.807) is 0 Å². The van der Waals surface area contributed by atoms with E-state index in [2.05, 4.69) is 4.72 Å². The van der Waals surface area contributed by atoms with E-state index >= 15 is 0 Å². The van der Waals surface area contributed by atoms with Crippen LogP contribution < -0.4 is 4.72 Å². The van der Waals surface area contributed by atoms with Crippen molar-refractivity contribution < 1.29 is 8.42 Å². The predicted molar refractivity (Wildman–Crippen MR) is 65.0 cm³/mol. The molecule has 0 saturated heterocycles. The Morgan fingerprint density at radius 2 is 1.94 bits per heavy atom. The minimum Gasteiger partial charge on any atom is -0.212 e. The van der Waals surface area contributed by atoms with Crippen LogP contribution in [0.4, 0.5) is 0 Å². The summed E-state index contributed by atoms with van der Waals surface area (Å²) in [5.74, 6) is 0.246. The maximum atomic E-state index is 11.8. The van der Waals surface area contributed by atoms with Gasteiger partial charge in [-0.2, -0.15) is 0 Å². The SMILES string of the molecule is O=S(=O)(NC(CCl)c1ccccc1)C1CC1. The summed E-state index contributed by atoms with van der Waals surface area (Å²) < 4.78 is 26.2. The van der Waals surface area contributed by atoms with Crippen LogP contribution in [0.25, 0.3) is 0 Å². The average molecular weight is 260 g/mol. The molecular formula is C11H14ClNO2S. The Labute approximate surface area is 101 Å². The first-order chi connectivity index (χ1) is 7.63. The summed E-state index contributed by atoms with van der Waals surface area (Å²) >= 11 is 5.81. The van der Waals surface area contributed by atoms with Crippen molar-refractivity contribution in [3.63, 3.8) is 0 Å². The number of benzene rings is 1. The summed E-state index contributed by atoms with van der Waals surface area (Å²) in [6.45, 7) is 0. The molecule has 1 aliphatic carbocycles. The lowest BCUT2D eigenvalue weighted by Crippen LogP contribution is -2.32. The number of sulfonamides is 1. The van der Waals surface area contributed by atoms with E-state index in [9.17, 15) is 8.42 Å². The van der Waals surface area contributed by atoms with Crippen molar-refractivity contribution in [2.24, 2.45) is 0 Å². The lowest BCUT2D eigenvalue weighted by molar-refractivity contribution is 0.566. The highest BCUT2D eigenvalue weighted by atomic mass is 35.5. The Kier molecular flexibility index (Phi) is 3.52. The van der Waals surface area contributed by atoms with E-state index in [4.69, 9.17) is 11.6 Å². The molecule has 0 bridgehead atoms. The van der Waals surface area contributed by atoms with Crippen LogP contribution >= 0.6 is 11.6 Å². The van der Waals surface area contributed by atoms with Gasteiger partial charge in [-0.25, -0.2) is 13.1 Å². The molecule has 0 amide bonds. The van der Waals surface area contributed by atoms with Crippen molar-refractivity contribution in [1.82, 2.24) is 4.72 Å². The van der Waals surface area contributed by atoms with Crippen LogP contribution in [0.15, 0.2) is 30.3 Å². The number of alkyl halides is 1. The quantitative estimate of drug-likeness (QED) is 0.823. The van der Waals surface area contributed by atoms with E-state index in [0.717, 1.165) is 18.4 Å². The van der Waals surface area contributed by atoms with E-state index in [0.29, 0.717) is 0 Å². The molecule has 88 valence electrons. The Bertz CT molecular complexity index is 442. The van der Waals surface area contributed by atoms with Gasteiger partial charge < -0.3 is 0 Å². The van der Waals surface area contributed by atoms with Gasteiger partial charge in [-0.1, -0.05) is 30.3 Å². The fourth-order valence-electron chi connectivity index (χ4n) is 1.55. The van der Waals surface area contributed by atoms with E-state index in [1.165, 1.54) is 0 Å². The second kappa shape index (κ2) is 4.73. The van der Waals surface area contributed by atoms with Gasteiger partial charge in [0.2, 0.25) is 10.0 Å². The largest absolute Gasteiger partial charge is 0.215 e. The second-order valence-corrected chi connectivity index (χ2v) is 6.28. The summed E-state index contributed by atoms with van der Waals surface area (Å²) in [6, 6.07) is 9.07. The molecule has 1 N–H and O–H groups in total. The zero-order valence-corrected chi connectivity index (χ0v) is 10.3. The molecule has 0 spiro atoms. The smallest absolute Gasteiger partial charge is 0.212 e. The highest BCUT2D eigenvalue weighted by molar-refractivity contribution is 7.90. The van der Waals surface area contributed by atoms with Crippen LogP contribution in [0.3, 0.4) is 0 Å². The molecule has 1 unspecified atom stereocenters. The zero-order valence-electron chi connectivity index (χ0n) is 8.77. The van der Waals surface area contributed by atoms with Crippen molar-refractivity contribution >= 4 is 21.6 Å². The van der Waals surface area contributed by atoms with Crippen molar-refractivity contribution in [3.05, 3.63) is 35.9 Å². The minimum absolute atomic E-state index is 0.207. The van der Waals surface area contributed by atoms with Crippen molar-refractivity contribution in [1.29, 1.82) is 0 Å². The van der Waals surface area contributed by atoms with Gasteiger partial charge in [0.15, 0.2) is 0 Å². The summed E-state index contributed by atoms with van der Waals surface area (Å²) in [6.07, 6.45) is 1.53. The van der Waals surface area contributed by atoms with Gasteiger partial charge in [0.25, 0.3) is 0 Å². The van der Waals surface area contributed by atoms with E-state index in [-0.39, 0.29) is 17.2 Å². The highest BCUT2D eigenvalue weighted by Crippen LogP contribution is 2.29. The number of rotatable bonds is 5. The molecule has 5 heteroatoms. The number of hydrogen-bond acceptors (Lipinski definition) is 2. The molecule has 1 atom stereocenters. The maximum Gasteiger partial charge on any atom is 0.215 e. The Hall–Kier alpha value is -0.580. The van der Waals surface area contributed by atoms with E-state index < -0.39 is 10.0 Å². The number of nitrogens with one attached hydrogen (secondary N) is 1. The van der Waals surface area contributed by atoms with Crippen molar-refractivity contribution in [3.8, 4) is 0 Å². The highest BCUT2D eigenvalue weighted by Gasteiger charge is 2.36. The molecule has 1 aliphatic rings. The molecule has 3 nitrogen and oxygen atoms in total. The molecule has 1 aromatic rings. The maximum absolute atomic E-state index is 11.8. The van der Waals surface area contributed by atoms with Gasteiger partial charge in [0.1, 0.15) is 0 Å². The molecule has 1 aromatic carbocycles. The molecule has 16 heavy (non-hydrogen) atoms. The Balaban J connectivity index is 2.12. The average Bonchev–Trinajstić information content (AvgIpc) is 3.11. The molecule has 1 saturated carbocycles. The molecule has 0 radical (unpaired) electrons. The van der Waals surface area contributed by atoms with Crippen LogP contribution in [0.2, 0.25) is 0 Å². The van der Waals surface area contributed by atoms with Crippen LogP contribution in [0, 0.1) is 0 Å². The third-order valence-electron chi connectivity index (χ3n) is 2.63. The van der Waals surface area contributed by atoms with Gasteiger partial charge >= 0.3 is 0 Å². The lowest BCUT2D eigenvalue weighted by Gasteiger charge is -2.16. The van der Waals surface area contributed by atoms with Crippen LogP contribution in [-0.2, 0) is 10.0 Å².